The summed E-state index contributed by atoms with van der Waals surface area (Å²) >= 11 is 3.56. The second-order valence-corrected chi connectivity index (χ2v) is 8.70. The number of thiazole rings is 1. The molecule has 0 aromatic carbocycles. The lowest BCUT2D eigenvalue weighted by molar-refractivity contribution is 0.463. The summed E-state index contributed by atoms with van der Waals surface area (Å²) in [5.41, 5.74) is 1.06. The first kappa shape index (κ1) is 19.2. The number of piperidine rings is 1. The summed E-state index contributed by atoms with van der Waals surface area (Å²) in [6, 6.07) is 4.82. The molecule has 2 aromatic rings. The molecule has 7 heteroatoms. The van der Waals surface area contributed by atoms with Crippen LogP contribution >= 0.6 is 22.7 Å². The molecule has 142 valence electrons. The van der Waals surface area contributed by atoms with Crippen molar-refractivity contribution in [2.75, 3.05) is 24.5 Å². The van der Waals surface area contributed by atoms with Crippen molar-refractivity contribution in [3.05, 3.63) is 33.6 Å². The van der Waals surface area contributed by atoms with Crippen molar-refractivity contribution in [3.8, 4) is 0 Å². The Morgan fingerprint density at radius 2 is 2.15 bits per heavy atom. The van der Waals surface area contributed by atoms with Gasteiger partial charge in [0.15, 0.2) is 5.96 Å². The molecule has 0 atom stereocenters. The summed E-state index contributed by atoms with van der Waals surface area (Å²) < 4.78 is 0. The maximum atomic E-state index is 4.75. The molecule has 0 saturated carbocycles. The van der Waals surface area contributed by atoms with Gasteiger partial charge in [0.1, 0.15) is 0 Å². The van der Waals surface area contributed by atoms with Gasteiger partial charge < -0.3 is 15.5 Å². The molecule has 26 heavy (non-hydrogen) atoms. The van der Waals surface area contributed by atoms with Gasteiger partial charge in [0.05, 0.1) is 22.2 Å². The molecule has 0 aliphatic carbocycles. The average molecular weight is 392 g/mol. The van der Waals surface area contributed by atoms with Crippen molar-refractivity contribution in [2.24, 2.45) is 4.99 Å². The van der Waals surface area contributed by atoms with Crippen molar-refractivity contribution < 1.29 is 0 Å². The summed E-state index contributed by atoms with van der Waals surface area (Å²) in [5, 5.41) is 13.8. The van der Waals surface area contributed by atoms with Gasteiger partial charge in [-0.25, -0.2) is 9.98 Å². The highest BCUT2D eigenvalue weighted by Crippen LogP contribution is 2.24. The Morgan fingerprint density at radius 3 is 2.77 bits per heavy atom. The van der Waals surface area contributed by atoms with E-state index < -0.39 is 0 Å². The topological polar surface area (TPSA) is 52.6 Å². The van der Waals surface area contributed by atoms with Crippen LogP contribution in [0.3, 0.4) is 0 Å². The number of anilines is 1. The molecule has 0 amide bonds. The van der Waals surface area contributed by atoms with E-state index in [0.29, 0.717) is 18.5 Å². The molecule has 1 fully saturated rings. The fraction of sp³-hybridized carbons (Fsp3) is 0.579. The Bertz CT molecular complexity index is 685. The summed E-state index contributed by atoms with van der Waals surface area (Å²) in [6.45, 7) is 10.2. The Kier molecular flexibility index (Phi) is 6.91. The SMILES string of the molecule is CCNC(=NCc1csc(C(C)C)n1)NC1CCN(c2cccs2)CC1. The summed E-state index contributed by atoms with van der Waals surface area (Å²) in [7, 11) is 0. The molecule has 2 aromatic heterocycles. The quantitative estimate of drug-likeness (QED) is 0.576. The normalized spacial score (nSPS) is 16.3. The van der Waals surface area contributed by atoms with Gasteiger partial charge in [-0.15, -0.1) is 22.7 Å². The highest BCUT2D eigenvalue weighted by molar-refractivity contribution is 7.14. The van der Waals surface area contributed by atoms with Crippen LogP contribution in [0.2, 0.25) is 0 Å². The van der Waals surface area contributed by atoms with Crippen LogP contribution in [0.5, 0.6) is 0 Å². The van der Waals surface area contributed by atoms with Gasteiger partial charge in [-0.2, -0.15) is 0 Å². The summed E-state index contributed by atoms with van der Waals surface area (Å²) in [5.74, 6) is 1.39. The average Bonchev–Trinajstić information content (AvgIpc) is 3.32. The van der Waals surface area contributed by atoms with Gasteiger partial charge in [0, 0.05) is 37.0 Å². The largest absolute Gasteiger partial charge is 0.363 e. The maximum Gasteiger partial charge on any atom is 0.191 e. The van der Waals surface area contributed by atoms with E-state index in [1.165, 1.54) is 10.0 Å². The third-order valence-corrected chi connectivity index (χ3v) is 6.58. The van der Waals surface area contributed by atoms with E-state index in [1.54, 1.807) is 11.3 Å². The number of thiophene rings is 1. The molecule has 0 spiro atoms. The second-order valence-electron chi connectivity index (χ2n) is 6.88. The summed E-state index contributed by atoms with van der Waals surface area (Å²) in [6.07, 6.45) is 2.27. The minimum atomic E-state index is 0.477. The van der Waals surface area contributed by atoms with Crippen LogP contribution in [0.15, 0.2) is 27.9 Å². The first-order valence-corrected chi connectivity index (χ1v) is 11.2. The van der Waals surface area contributed by atoms with E-state index in [-0.39, 0.29) is 0 Å². The first-order valence-electron chi connectivity index (χ1n) is 9.43. The fourth-order valence-electron chi connectivity index (χ4n) is 3.03. The van der Waals surface area contributed by atoms with Crippen LogP contribution in [-0.4, -0.2) is 36.6 Å². The highest BCUT2D eigenvalue weighted by atomic mass is 32.1. The number of nitrogens with one attached hydrogen (secondary N) is 2. The molecule has 3 rings (SSSR count). The molecule has 1 saturated heterocycles. The first-order chi connectivity index (χ1) is 12.7. The third-order valence-electron chi connectivity index (χ3n) is 4.46. The van der Waals surface area contributed by atoms with Gasteiger partial charge in [0.25, 0.3) is 0 Å². The Hall–Kier alpha value is -1.60. The van der Waals surface area contributed by atoms with E-state index in [1.807, 2.05) is 11.3 Å². The van der Waals surface area contributed by atoms with Crippen LogP contribution in [0, 0.1) is 0 Å². The molecular formula is C19H29N5S2. The van der Waals surface area contributed by atoms with Crippen molar-refractivity contribution in [1.29, 1.82) is 0 Å². The molecule has 2 N–H and O–H groups in total. The molecule has 1 aliphatic rings. The molecule has 0 unspecified atom stereocenters. The molecule has 0 bridgehead atoms. The molecular weight excluding hydrogens is 362 g/mol. The molecule has 3 heterocycles. The van der Waals surface area contributed by atoms with Gasteiger partial charge in [-0.05, 0) is 37.3 Å². The zero-order valence-corrected chi connectivity index (χ0v) is 17.5. The van der Waals surface area contributed by atoms with E-state index >= 15 is 0 Å². The number of nitrogens with zero attached hydrogens (tertiary/aromatic N) is 3. The number of hydrogen-bond donors (Lipinski definition) is 2. The maximum absolute atomic E-state index is 4.75. The lowest BCUT2D eigenvalue weighted by Crippen LogP contribution is -2.48. The molecule has 0 radical (unpaired) electrons. The van der Waals surface area contributed by atoms with Crippen LogP contribution in [0.4, 0.5) is 5.00 Å². The van der Waals surface area contributed by atoms with Crippen LogP contribution in [-0.2, 0) is 6.54 Å². The smallest absolute Gasteiger partial charge is 0.191 e. The Labute approximate surface area is 164 Å². The number of hydrogen-bond acceptors (Lipinski definition) is 5. The van der Waals surface area contributed by atoms with Crippen molar-refractivity contribution in [1.82, 2.24) is 15.6 Å². The van der Waals surface area contributed by atoms with Crippen molar-refractivity contribution >= 4 is 33.6 Å². The molecule has 1 aliphatic heterocycles. The van der Waals surface area contributed by atoms with Crippen LogP contribution in [0.1, 0.15) is 50.2 Å². The zero-order valence-electron chi connectivity index (χ0n) is 15.9. The zero-order chi connectivity index (χ0) is 18.4. The van der Waals surface area contributed by atoms with Gasteiger partial charge in [-0.1, -0.05) is 13.8 Å². The number of aromatic nitrogens is 1. The number of guanidine groups is 1. The van der Waals surface area contributed by atoms with E-state index in [4.69, 9.17) is 4.99 Å². The predicted octanol–water partition coefficient (Wildman–Crippen LogP) is 4.05. The minimum absolute atomic E-state index is 0.477. The Morgan fingerprint density at radius 1 is 1.35 bits per heavy atom. The number of aliphatic imine (C=N–C) groups is 1. The van der Waals surface area contributed by atoms with Gasteiger partial charge >= 0.3 is 0 Å². The van der Waals surface area contributed by atoms with Crippen LogP contribution < -0.4 is 15.5 Å². The van der Waals surface area contributed by atoms with Gasteiger partial charge in [0.2, 0.25) is 0 Å². The summed E-state index contributed by atoms with van der Waals surface area (Å²) in [4.78, 5) is 11.9. The van der Waals surface area contributed by atoms with Crippen molar-refractivity contribution in [2.45, 2.75) is 52.1 Å². The number of rotatable bonds is 6. The minimum Gasteiger partial charge on any atom is -0.363 e. The molecule has 5 nitrogen and oxygen atoms in total. The standard InChI is InChI=1S/C19H29N5S2/c1-4-20-19(21-12-16-13-26-18(22-16)14(2)3)23-15-7-9-24(10-8-15)17-6-5-11-25-17/h5-6,11,13-15H,4,7-10,12H2,1-3H3,(H2,20,21,23). The Balaban J connectivity index is 1.53. The highest BCUT2D eigenvalue weighted by Gasteiger charge is 2.20. The third kappa shape index (κ3) is 5.20. The second kappa shape index (κ2) is 9.37. The lowest BCUT2D eigenvalue weighted by Gasteiger charge is -2.33. The van der Waals surface area contributed by atoms with Crippen molar-refractivity contribution in [3.63, 3.8) is 0 Å². The van der Waals surface area contributed by atoms with Crippen LogP contribution in [0.25, 0.3) is 0 Å². The van der Waals surface area contributed by atoms with E-state index in [2.05, 4.69) is 64.2 Å². The van der Waals surface area contributed by atoms with E-state index in [0.717, 1.165) is 44.1 Å². The monoisotopic (exact) mass is 391 g/mol. The predicted molar refractivity (Wildman–Crippen MR) is 114 cm³/mol. The lowest BCUT2D eigenvalue weighted by atomic mass is 10.1. The van der Waals surface area contributed by atoms with Gasteiger partial charge in [-0.3, -0.25) is 0 Å². The van der Waals surface area contributed by atoms with E-state index in [9.17, 15) is 0 Å². The fourth-order valence-corrected chi connectivity index (χ4v) is 4.64.